The van der Waals surface area contributed by atoms with Gasteiger partial charge in [0.2, 0.25) is 5.91 Å². The van der Waals surface area contributed by atoms with Crippen LogP contribution in [0.1, 0.15) is 59.3 Å². The van der Waals surface area contributed by atoms with Gasteiger partial charge in [0.1, 0.15) is 0 Å². The van der Waals surface area contributed by atoms with Crippen molar-refractivity contribution in [2.75, 3.05) is 0 Å². The number of carbonyl (C=O) groups is 1. The molecule has 0 heterocycles. The first kappa shape index (κ1) is 11.6. The van der Waals surface area contributed by atoms with Crippen molar-refractivity contribution in [3.63, 3.8) is 0 Å². The van der Waals surface area contributed by atoms with Crippen LogP contribution in [0.2, 0.25) is 0 Å². The summed E-state index contributed by atoms with van der Waals surface area (Å²) in [6, 6.07) is 0. The highest BCUT2D eigenvalue weighted by atomic mass is 16.1. The summed E-state index contributed by atoms with van der Waals surface area (Å²) in [5.74, 6) is 2.99. The summed E-state index contributed by atoms with van der Waals surface area (Å²) in [6.45, 7) is 6.16. The number of amides is 1. The molecule has 4 saturated carbocycles. The minimum Gasteiger partial charge on any atom is -0.351 e. The highest BCUT2D eigenvalue weighted by Gasteiger charge is 2.57. The van der Waals surface area contributed by atoms with Gasteiger partial charge >= 0.3 is 0 Å². The fourth-order valence-electron chi connectivity index (χ4n) is 5.45. The highest BCUT2D eigenvalue weighted by Crippen LogP contribution is 2.63. The second-order valence-electron chi connectivity index (χ2n) is 7.50. The molecule has 0 unspecified atom stereocenters. The van der Waals surface area contributed by atoms with E-state index in [1.54, 1.807) is 6.92 Å². The average Bonchev–Trinajstić information content (AvgIpc) is 2.12. The second kappa shape index (κ2) is 3.49. The molecule has 0 aromatic carbocycles. The molecule has 4 bridgehead atoms. The quantitative estimate of drug-likeness (QED) is 0.783. The molecule has 4 aliphatic carbocycles. The Morgan fingerprint density at radius 1 is 1.06 bits per heavy atom. The first-order chi connectivity index (χ1) is 7.90. The van der Waals surface area contributed by atoms with Gasteiger partial charge in [-0.2, -0.15) is 0 Å². The largest absolute Gasteiger partial charge is 0.351 e. The molecule has 2 heteroatoms. The van der Waals surface area contributed by atoms with E-state index in [1.165, 1.54) is 38.5 Å². The Balaban J connectivity index is 1.88. The van der Waals surface area contributed by atoms with E-state index in [9.17, 15) is 4.79 Å². The van der Waals surface area contributed by atoms with E-state index >= 15 is 0 Å². The molecule has 0 aromatic heterocycles. The first-order valence-electron chi connectivity index (χ1n) is 7.19. The van der Waals surface area contributed by atoms with Gasteiger partial charge in [-0.05, 0) is 75.5 Å². The van der Waals surface area contributed by atoms with Crippen LogP contribution in [0.15, 0.2) is 0 Å². The van der Waals surface area contributed by atoms with Crippen LogP contribution in [0, 0.1) is 23.2 Å². The summed E-state index contributed by atoms with van der Waals surface area (Å²) in [5, 5.41) is 3.24. The average molecular weight is 235 g/mol. The molecule has 1 amide bonds. The Morgan fingerprint density at radius 2 is 1.47 bits per heavy atom. The fraction of sp³-hybridized carbons (Fsp3) is 0.933. The lowest BCUT2D eigenvalue weighted by atomic mass is 9.45. The number of carbonyl (C=O) groups excluding carboxylic acids is 1. The van der Waals surface area contributed by atoms with E-state index in [2.05, 4.69) is 19.2 Å². The van der Waals surface area contributed by atoms with Gasteiger partial charge in [0.15, 0.2) is 0 Å². The third-order valence-corrected chi connectivity index (χ3v) is 5.85. The van der Waals surface area contributed by atoms with Gasteiger partial charge in [-0.1, -0.05) is 0 Å². The molecular formula is C15H25NO. The van der Waals surface area contributed by atoms with Crippen LogP contribution in [0.25, 0.3) is 0 Å². The van der Waals surface area contributed by atoms with Crippen LogP contribution in [-0.4, -0.2) is 11.4 Å². The molecule has 0 radical (unpaired) electrons. The molecule has 1 N–H and O–H groups in total. The van der Waals surface area contributed by atoms with Gasteiger partial charge in [-0.15, -0.1) is 0 Å². The zero-order valence-corrected chi connectivity index (χ0v) is 11.4. The van der Waals surface area contributed by atoms with Crippen LogP contribution in [0.3, 0.4) is 0 Å². The second-order valence-corrected chi connectivity index (χ2v) is 7.50. The summed E-state index contributed by atoms with van der Waals surface area (Å²) in [5.41, 5.74) is 0.377. The smallest absolute Gasteiger partial charge is 0.217 e. The molecule has 2 nitrogen and oxygen atoms in total. The van der Waals surface area contributed by atoms with Crippen molar-refractivity contribution in [3.8, 4) is 0 Å². The Morgan fingerprint density at radius 3 is 1.82 bits per heavy atom. The minimum atomic E-state index is -0.0190. The lowest BCUT2D eigenvalue weighted by Gasteiger charge is -2.62. The molecule has 4 fully saturated rings. The standard InChI is InChI=1S/C15H25NO/c1-10(17)16-14(2,3)15-7-11-4-12(8-15)6-13(5-11)9-15/h11-13H,4-9H2,1-3H3,(H,16,17). The molecule has 17 heavy (non-hydrogen) atoms. The van der Waals surface area contributed by atoms with Crippen molar-refractivity contribution >= 4 is 5.91 Å². The van der Waals surface area contributed by atoms with E-state index in [-0.39, 0.29) is 11.4 Å². The Bertz CT molecular complexity index is 310. The maximum Gasteiger partial charge on any atom is 0.217 e. The third kappa shape index (κ3) is 1.71. The third-order valence-electron chi connectivity index (χ3n) is 5.85. The van der Waals surface area contributed by atoms with Crippen LogP contribution in [0.4, 0.5) is 0 Å². The van der Waals surface area contributed by atoms with Crippen molar-refractivity contribution in [1.29, 1.82) is 0 Å². The molecule has 0 saturated heterocycles. The van der Waals surface area contributed by atoms with Crippen LogP contribution < -0.4 is 5.32 Å². The van der Waals surface area contributed by atoms with E-state index in [0.717, 1.165) is 17.8 Å². The van der Waals surface area contributed by atoms with Crippen molar-refractivity contribution < 1.29 is 4.79 Å². The highest BCUT2D eigenvalue weighted by molar-refractivity contribution is 5.73. The molecule has 0 aliphatic heterocycles. The summed E-state index contributed by atoms with van der Waals surface area (Å²) in [6.07, 6.45) is 8.46. The topological polar surface area (TPSA) is 29.1 Å². The zero-order chi connectivity index (χ0) is 12.3. The van der Waals surface area contributed by atoms with Crippen LogP contribution in [0.5, 0.6) is 0 Å². The van der Waals surface area contributed by atoms with Crippen molar-refractivity contribution in [1.82, 2.24) is 5.32 Å². The van der Waals surface area contributed by atoms with Gasteiger partial charge < -0.3 is 5.32 Å². The number of nitrogens with one attached hydrogen (secondary N) is 1. The molecule has 0 atom stereocenters. The normalized spacial score (nSPS) is 43.8. The molecule has 0 aromatic rings. The van der Waals surface area contributed by atoms with E-state index in [1.807, 2.05) is 0 Å². The lowest BCUT2D eigenvalue weighted by Crippen LogP contribution is -2.62. The van der Waals surface area contributed by atoms with Gasteiger partial charge in [0, 0.05) is 12.5 Å². The Kier molecular flexibility index (Phi) is 2.37. The SMILES string of the molecule is CC(=O)NC(C)(C)C12CC3CC(CC(C3)C1)C2. The summed E-state index contributed by atoms with van der Waals surface area (Å²) >= 11 is 0. The number of hydrogen-bond acceptors (Lipinski definition) is 1. The van der Waals surface area contributed by atoms with Crippen molar-refractivity contribution in [2.45, 2.75) is 64.8 Å². The van der Waals surface area contributed by atoms with Gasteiger partial charge in [-0.25, -0.2) is 0 Å². The van der Waals surface area contributed by atoms with Crippen molar-refractivity contribution in [3.05, 3.63) is 0 Å². The lowest BCUT2D eigenvalue weighted by molar-refractivity contribution is -0.130. The van der Waals surface area contributed by atoms with E-state index in [4.69, 9.17) is 0 Å². The number of rotatable bonds is 2. The predicted molar refractivity (Wildman–Crippen MR) is 68.5 cm³/mol. The van der Waals surface area contributed by atoms with E-state index < -0.39 is 0 Å². The maximum absolute atomic E-state index is 11.4. The molecule has 0 spiro atoms. The van der Waals surface area contributed by atoms with Gasteiger partial charge in [0.05, 0.1) is 0 Å². The Labute approximate surface area is 105 Å². The van der Waals surface area contributed by atoms with Gasteiger partial charge in [0.25, 0.3) is 0 Å². The van der Waals surface area contributed by atoms with Crippen LogP contribution >= 0.6 is 0 Å². The summed E-state index contributed by atoms with van der Waals surface area (Å²) in [7, 11) is 0. The summed E-state index contributed by atoms with van der Waals surface area (Å²) < 4.78 is 0. The molecule has 4 aliphatic rings. The number of hydrogen-bond donors (Lipinski definition) is 1. The first-order valence-corrected chi connectivity index (χ1v) is 7.19. The molecule has 4 rings (SSSR count). The summed E-state index contributed by atoms with van der Waals surface area (Å²) in [4.78, 5) is 11.4. The van der Waals surface area contributed by atoms with E-state index in [0.29, 0.717) is 5.41 Å². The van der Waals surface area contributed by atoms with Crippen molar-refractivity contribution in [2.24, 2.45) is 23.2 Å². The zero-order valence-electron chi connectivity index (χ0n) is 11.4. The molecular weight excluding hydrogens is 210 g/mol. The van der Waals surface area contributed by atoms with Gasteiger partial charge in [-0.3, -0.25) is 4.79 Å². The Hall–Kier alpha value is -0.530. The monoisotopic (exact) mass is 235 g/mol. The molecule has 96 valence electrons. The minimum absolute atomic E-state index is 0.0190. The fourth-order valence-corrected chi connectivity index (χ4v) is 5.45. The maximum atomic E-state index is 11.4. The predicted octanol–water partition coefficient (Wildman–Crippen LogP) is 3.12. The van der Waals surface area contributed by atoms with Crippen LogP contribution in [-0.2, 0) is 4.79 Å².